The Kier molecular flexibility index (Phi) is 2.57. The second-order valence-electron chi connectivity index (χ2n) is 3.11. The predicted octanol–water partition coefficient (Wildman–Crippen LogP) is 1.83. The summed E-state index contributed by atoms with van der Waals surface area (Å²) in [5, 5.41) is 3.17. The number of benzene rings is 1. The van der Waals surface area contributed by atoms with Gasteiger partial charge in [0.25, 0.3) is 0 Å². The number of halogens is 1. The molecule has 70 valence electrons. The van der Waals surface area contributed by atoms with Gasteiger partial charge in [0.05, 0.1) is 6.61 Å². The van der Waals surface area contributed by atoms with Crippen LogP contribution in [0.5, 0.6) is 0 Å². The van der Waals surface area contributed by atoms with Crippen molar-refractivity contribution in [2.24, 2.45) is 0 Å². The smallest absolute Gasteiger partial charge is 0.134 e. The fraction of sp³-hybridized carbons (Fsp3) is 0.400. The first-order valence-corrected chi connectivity index (χ1v) is 4.47. The third-order valence-electron chi connectivity index (χ3n) is 2.09. The zero-order valence-electron chi connectivity index (χ0n) is 7.29. The molecule has 1 aromatic carbocycles. The molecule has 0 aliphatic carbocycles. The summed E-state index contributed by atoms with van der Waals surface area (Å²) < 4.78 is 18.3. The summed E-state index contributed by atoms with van der Waals surface area (Å²) in [5.41, 5.74) is 0.861. The number of hydrogen-bond acceptors (Lipinski definition) is 2. The van der Waals surface area contributed by atoms with Crippen LogP contribution < -0.4 is 5.32 Å². The Morgan fingerprint density at radius 1 is 1.46 bits per heavy atom. The average molecular weight is 181 g/mol. The van der Waals surface area contributed by atoms with Crippen LogP contribution in [0.2, 0.25) is 0 Å². The van der Waals surface area contributed by atoms with E-state index < -0.39 is 0 Å². The molecule has 1 aliphatic rings. The third kappa shape index (κ3) is 2.05. The standard InChI is InChI=1S/C10H12FNO/c11-9-4-1-3-8(7-9)10-12-5-2-6-13-10/h1,3-4,7,10,12H,2,5-6H2. The van der Waals surface area contributed by atoms with Crippen LogP contribution in [0.1, 0.15) is 18.2 Å². The van der Waals surface area contributed by atoms with E-state index in [-0.39, 0.29) is 12.0 Å². The summed E-state index contributed by atoms with van der Waals surface area (Å²) in [6.45, 7) is 1.68. The molecule has 13 heavy (non-hydrogen) atoms. The summed E-state index contributed by atoms with van der Waals surface area (Å²) >= 11 is 0. The molecule has 2 nitrogen and oxygen atoms in total. The van der Waals surface area contributed by atoms with Gasteiger partial charge in [-0.1, -0.05) is 12.1 Å². The van der Waals surface area contributed by atoms with Gasteiger partial charge in [-0.3, -0.25) is 5.32 Å². The minimum Gasteiger partial charge on any atom is -0.359 e. The molecule has 2 rings (SSSR count). The van der Waals surface area contributed by atoms with Crippen LogP contribution in [-0.2, 0) is 4.74 Å². The third-order valence-corrected chi connectivity index (χ3v) is 2.09. The maximum Gasteiger partial charge on any atom is 0.134 e. The molecule has 0 spiro atoms. The second-order valence-corrected chi connectivity index (χ2v) is 3.11. The minimum absolute atomic E-state index is 0.135. The Balaban J connectivity index is 2.14. The number of ether oxygens (including phenoxy) is 1. The fourth-order valence-corrected chi connectivity index (χ4v) is 1.45. The average Bonchev–Trinajstić information content (AvgIpc) is 2.19. The Hall–Kier alpha value is -0.930. The highest BCUT2D eigenvalue weighted by Gasteiger charge is 2.14. The van der Waals surface area contributed by atoms with E-state index in [1.807, 2.05) is 6.07 Å². The summed E-state index contributed by atoms with van der Waals surface area (Å²) in [5.74, 6) is -0.214. The summed E-state index contributed by atoms with van der Waals surface area (Å²) in [4.78, 5) is 0. The Morgan fingerprint density at radius 2 is 2.38 bits per heavy atom. The molecule has 0 aromatic heterocycles. The highest BCUT2D eigenvalue weighted by Crippen LogP contribution is 2.17. The lowest BCUT2D eigenvalue weighted by atomic mass is 10.2. The molecular formula is C10H12FNO. The molecule has 0 saturated carbocycles. The first-order valence-electron chi connectivity index (χ1n) is 4.47. The lowest BCUT2D eigenvalue weighted by Crippen LogP contribution is -2.31. The van der Waals surface area contributed by atoms with Crippen LogP contribution in [0.15, 0.2) is 24.3 Å². The summed E-state index contributed by atoms with van der Waals surface area (Å²) in [7, 11) is 0. The molecule has 1 heterocycles. The summed E-state index contributed by atoms with van der Waals surface area (Å²) in [6, 6.07) is 6.51. The fourth-order valence-electron chi connectivity index (χ4n) is 1.45. The van der Waals surface area contributed by atoms with Crippen LogP contribution in [-0.4, -0.2) is 13.2 Å². The van der Waals surface area contributed by atoms with Crippen molar-refractivity contribution < 1.29 is 9.13 Å². The molecule has 1 fully saturated rings. The van der Waals surface area contributed by atoms with Gasteiger partial charge in [0.15, 0.2) is 0 Å². The van der Waals surface area contributed by atoms with Crippen LogP contribution in [0.3, 0.4) is 0 Å². The molecule has 1 atom stereocenters. The van der Waals surface area contributed by atoms with E-state index in [0.717, 1.165) is 25.1 Å². The van der Waals surface area contributed by atoms with Gasteiger partial charge >= 0.3 is 0 Å². The van der Waals surface area contributed by atoms with Crippen molar-refractivity contribution in [1.29, 1.82) is 0 Å². The van der Waals surface area contributed by atoms with E-state index in [4.69, 9.17) is 4.74 Å². The minimum atomic E-state index is -0.214. The van der Waals surface area contributed by atoms with Crippen LogP contribution in [0, 0.1) is 5.82 Å². The molecule has 1 N–H and O–H groups in total. The number of rotatable bonds is 1. The van der Waals surface area contributed by atoms with E-state index in [0.29, 0.717) is 0 Å². The predicted molar refractivity (Wildman–Crippen MR) is 47.7 cm³/mol. The molecule has 0 bridgehead atoms. The molecule has 0 radical (unpaired) electrons. The van der Waals surface area contributed by atoms with E-state index in [9.17, 15) is 4.39 Å². The van der Waals surface area contributed by atoms with Gasteiger partial charge in [-0.2, -0.15) is 0 Å². The SMILES string of the molecule is Fc1cccc(C2NCCCO2)c1. The van der Waals surface area contributed by atoms with Crippen molar-refractivity contribution in [3.05, 3.63) is 35.6 Å². The Morgan fingerprint density at radius 3 is 3.08 bits per heavy atom. The van der Waals surface area contributed by atoms with E-state index in [1.165, 1.54) is 12.1 Å². The Labute approximate surface area is 76.7 Å². The molecule has 1 aromatic rings. The van der Waals surface area contributed by atoms with Crippen LogP contribution >= 0.6 is 0 Å². The van der Waals surface area contributed by atoms with Gasteiger partial charge in [0, 0.05) is 6.54 Å². The zero-order chi connectivity index (χ0) is 9.10. The molecule has 1 unspecified atom stereocenters. The van der Waals surface area contributed by atoms with Crippen molar-refractivity contribution >= 4 is 0 Å². The van der Waals surface area contributed by atoms with Crippen molar-refractivity contribution in [1.82, 2.24) is 5.32 Å². The van der Waals surface area contributed by atoms with Gasteiger partial charge in [0.1, 0.15) is 12.0 Å². The Bertz CT molecular complexity index is 284. The molecule has 1 saturated heterocycles. The monoisotopic (exact) mass is 181 g/mol. The lowest BCUT2D eigenvalue weighted by Gasteiger charge is -2.24. The van der Waals surface area contributed by atoms with Gasteiger partial charge in [-0.15, -0.1) is 0 Å². The normalized spacial score (nSPS) is 23.0. The largest absolute Gasteiger partial charge is 0.359 e. The maximum atomic E-state index is 12.8. The first kappa shape index (κ1) is 8.66. The molecular weight excluding hydrogens is 169 g/mol. The van der Waals surface area contributed by atoms with Gasteiger partial charge in [-0.05, 0) is 24.1 Å². The lowest BCUT2D eigenvalue weighted by molar-refractivity contribution is -0.000479. The molecule has 0 amide bonds. The maximum absolute atomic E-state index is 12.8. The second kappa shape index (κ2) is 3.85. The van der Waals surface area contributed by atoms with E-state index in [1.54, 1.807) is 6.07 Å². The van der Waals surface area contributed by atoms with Crippen molar-refractivity contribution in [3.63, 3.8) is 0 Å². The van der Waals surface area contributed by atoms with Gasteiger partial charge in [0.2, 0.25) is 0 Å². The van der Waals surface area contributed by atoms with Crippen molar-refractivity contribution in [3.8, 4) is 0 Å². The first-order chi connectivity index (χ1) is 6.36. The summed E-state index contributed by atoms with van der Waals surface area (Å²) in [6.07, 6.45) is 0.885. The van der Waals surface area contributed by atoms with E-state index in [2.05, 4.69) is 5.32 Å². The van der Waals surface area contributed by atoms with Crippen molar-refractivity contribution in [2.45, 2.75) is 12.6 Å². The number of nitrogens with one attached hydrogen (secondary N) is 1. The molecule has 3 heteroatoms. The van der Waals surface area contributed by atoms with Gasteiger partial charge in [-0.25, -0.2) is 4.39 Å². The van der Waals surface area contributed by atoms with Gasteiger partial charge < -0.3 is 4.74 Å². The van der Waals surface area contributed by atoms with Crippen LogP contribution in [0.4, 0.5) is 4.39 Å². The van der Waals surface area contributed by atoms with Crippen molar-refractivity contribution in [2.75, 3.05) is 13.2 Å². The highest BCUT2D eigenvalue weighted by molar-refractivity contribution is 5.18. The topological polar surface area (TPSA) is 21.3 Å². The van der Waals surface area contributed by atoms with E-state index >= 15 is 0 Å². The number of hydrogen-bond donors (Lipinski definition) is 1. The zero-order valence-corrected chi connectivity index (χ0v) is 7.29. The quantitative estimate of drug-likeness (QED) is 0.713. The van der Waals surface area contributed by atoms with Crippen LogP contribution in [0.25, 0.3) is 0 Å². The molecule has 1 aliphatic heterocycles. The highest BCUT2D eigenvalue weighted by atomic mass is 19.1.